The molecule has 1 heterocycles. The van der Waals surface area contributed by atoms with Gasteiger partial charge in [-0.15, -0.1) is 0 Å². The summed E-state index contributed by atoms with van der Waals surface area (Å²) >= 11 is 12.0. The fourth-order valence-electron chi connectivity index (χ4n) is 2.09. The van der Waals surface area contributed by atoms with Gasteiger partial charge in [0.05, 0.1) is 21.9 Å². The van der Waals surface area contributed by atoms with Gasteiger partial charge in [0.2, 0.25) is 0 Å². The Hall–Kier alpha value is -1.03. The Morgan fingerprint density at radius 1 is 1.25 bits per heavy atom. The summed E-state index contributed by atoms with van der Waals surface area (Å²) in [5, 5.41) is 9.00. The summed E-state index contributed by atoms with van der Waals surface area (Å²) in [5.74, 6) is 0. The van der Waals surface area contributed by atoms with Crippen LogP contribution in [0.2, 0.25) is 10.0 Å². The van der Waals surface area contributed by atoms with E-state index in [-0.39, 0.29) is 0 Å². The smallest absolute Gasteiger partial charge is 0.0664 e. The minimum absolute atomic E-state index is 0.452. The molecule has 1 N–H and O–H groups in total. The molecule has 108 valence electrons. The van der Waals surface area contributed by atoms with Crippen LogP contribution in [-0.2, 0) is 13.0 Å². The van der Waals surface area contributed by atoms with E-state index in [0.717, 1.165) is 18.7 Å². The lowest BCUT2D eigenvalue weighted by Gasteiger charge is -2.11. The lowest BCUT2D eigenvalue weighted by atomic mass is 10.2. The van der Waals surface area contributed by atoms with E-state index in [1.54, 1.807) is 6.07 Å². The van der Waals surface area contributed by atoms with Gasteiger partial charge in [-0.1, -0.05) is 44.0 Å². The van der Waals surface area contributed by atoms with Gasteiger partial charge in [0.15, 0.2) is 0 Å². The molecule has 0 bridgehead atoms. The van der Waals surface area contributed by atoms with Crippen LogP contribution < -0.4 is 5.32 Å². The summed E-state index contributed by atoms with van der Waals surface area (Å²) in [7, 11) is 0. The lowest BCUT2D eigenvalue weighted by molar-refractivity contribution is 0.586. The number of aromatic nitrogens is 2. The number of nitrogens with one attached hydrogen (secondary N) is 1. The monoisotopic (exact) mass is 311 g/mol. The molecule has 0 aliphatic heterocycles. The Kier molecular flexibility index (Phi) is 5.08. The third kappa shape index (κ3) is 3.35. The van der Waals surface area contributed by atoms with Gasteiger partial charge < -0.3 is 5.32 Å². The molecule has 20 heavy (non-hydrogen) atoms. The van der Waals surface area contributed by atoms with Crippen molar-refractivity contribution >= 4 is 23.2 Å². The fraction of sp³-hybridized carbons (Fsp3) is 0.400. The molecular weight excluding hydrogens is 293 g/mol. The predicted octanol–water partition coefficient (Wildman–Crippen LogP) is 4.24. The van der Waals surface area contributed by atoms with Crippen molar-refractivity contribution in [2.24, 2.45) is 0 Å². The second kappa shape index (κ2) is 6.61. The van der Waals surface area contributed by atoms with Crippen LogP contribution in [0.5, 0.6) is 0 Å². The van der Waals surface area contributed by atoms with E-state index in [2.05, 4.69) is 31.2 Å². The van der Waals surface area contributed by atoms with Gasteiger partial charge in [-0.05, 0) is 24.6 Å². The third-order valence-corrected chi connectivity index (χ3v) is 3.88. The maximum atomic E-state index is 6.08. The molecule has 5 heteroatoms. The molecule has 0 aliphatic carbocycles. The number of benzene rings is 1. The summed E-state index contributed by atoms with van der Waals surface area (Å²) < 4.78 is 1.93. The number of halogens is 2. The van der Waals surface area contributed by atoms with Crippen molar-refractivity contribution in [3.05, 3.63) is 45.7 Å². The van der Waals surface area contributed by atoms with Gasteiger partial charge in [0.1, 0.15) is 0 Å². The van der Waals surface area contributed by atoms with Gasteiger partial charge in [0, 0.05) is 23.8 Å². The van der Waals surface area contributed by atoms with Crippen LogP contribution in [0.25, 0.3) is 5.69 Å². The molecule has 0 atom stereocenters. The Morgan fingerprint density at radius 2 is 2.00 bits per heavy atom. The fourth-order valence-corrected chi connectivity index (χ4v) is 2.38. The predicted molar refractivity (Wildman–Crippen MR) is 84.9 cm³/mol. The Bertz CT molecular complexity index is 591. The van der Waals surface area contributed by atoms with Gasteiger partial charge in [-0.3, -0.25) is 0 Å². The molecule has 0 spiro atoms. The van der Waals surface area contributed by atoms with E-state index in [1.165, 1.54) is 11.3 Å². The quantitative estimate of drug-likeness (QED) is 0.895. The van der Waals surface area contributed by atoms with Crippen molar-refractivity contribution in [2.45, 2.75) is 39.8 Å². The van der Waals surface area contributed by atoms with Crippen molar-refractivity contribution in [1.29, 1.82) is 0 Å². The summed E-state index contributed by atoms with van der Waals surface area (Å²) in [6, 6.07) is 6.02. The molecular formula is C15H19Cl2N3. The summed E-state index contributed by atoms with van der Waals surface area (Å²) in [6.45, 7) is 7.22. The lowest BCUT2D eigenvalue weighted by Crippen LogP contribution is -2.22. The van der Waals surface area contributed by atoms with Gasteiger partial charge in [0.25, 0.3) is 0 Å². The SMILES string of the molecule is CCc1c(CNC(C)C)cnn1-c1ccc(Cl)c(Cl)c1. The van der Waals surface area contributed by atoms with Crippen LogP contribution in [0.3, 0.4) is 0 Å². The largest absolute Gasteiger partial charge is 0.310 e. The minimum Gasteiger partial charge on any atom is -0.310 e. The normalized spacial score (nSPS) is 11.3. The minimum atomic E-state index is 0.452. The molecule has 2 aromatic rings. The molecule has 2 rings (SSSR count). The standard InChI is InChI=1S/C15H19Cl2N3/c1-4-15-11(8-18-10(2)3)9-19-20(15)12-5-6-13(16)14(17)7-12/h5-7,9-10,18H,4,8H2,1-3H3. The van der Waals surface area contributed by atoms with E-state index in [1.807, 2.05) is 23.0 Å². The topological polar surface area (TPSA) is 29.9 Å². The molecule has 0 saturated carbocycles. The molecule has 3 nitrogen and oxygen atoms in total. The van der Waals surface area contributed by atoms with E-state index >= 15 is 0 Å². The van der Waals surface area contributed by atoms with Crippen molar-refractivity contribution in [2.75, 3.05) is 0 Å². The first-order valence-electron chi connectivity index (χ1n) is 6.77. The zero-order valence-electron chi connectivity index (χ0n) is 12.0. The maximum Gasteiger partial charge on any atom is 0.0664 e. The highest BCUT2D eigenvalue weighted by atomic mass is 35.5. The van der Waals surface area contributed by atoms with Crippen LogP contribution in [0.4, 0.5) is 0 Å². The molecule has 1 aromatic carbocycles. The number of rotatable bonds is 5. The summed E-state index contributed by atoms with van der Waals surface area (Å²) in [5.41, 5.74) is 3.34. The van der Waals surface area contributed by atoms with Crippen molar-refractivity contribution in [3.8, 4) is 5.69 Å². The highest BCUT2D eigenvalue weighted by molar-refractivity contribution is 6.42. The third-order valence-electron chi connectivity index (χ3n) is 3.14. The Morgan fingerprint density at radius 3 is 2.60 bits per heavy atom. The average Bonchev–Trinajstić information content (AvgIpc) is 2.82. The first kappa shape index (κ1) is 15.4. The van der Waals surface area contributed by atoms with E-state index in [4.69, 9.17) is 23.2 Å². The average molecular weight is 312 g/mol. The molecule has 0 saturated heterocycles. The number of nitrogens with zero attached hydrogens (tertiary/aromatic N) is 2. The Labute approximate surface area is 129 Å². The van der Waals surface area contributed by atoms with E-state index < -0.39 is 0 Å². The van der Waals surface area contributed by atoms with E-state index in [0.29, 0.717) is 16.1 Å². The first-order chi connectivity index (χ1) is 9.52. The van der Waals surface area contributed by atoms with Crippen LogP contribution in [0.1, 0.15) is 32.0 Å². The highest BCUT2D eigenvalue weighted by Gasteiger charge is 2.11. The van der Waals surface area contributed by atoms with Gasteiger partial charge in [-0.2, -0.15) is 5.10 Å². The van der Waals surface area contributed by atoms with Gasteiger partial charge >= 0.3 is 0 Å². The maximum absolute atomic E-state index is 6.08. The van der Waals surface area contributed by atoms with E-state index in [9.17, 15) is 0 Å². The molecule has 0 amide bonds. The molecule has 1 aromatic heterocycles. The Balaban J connectivity index is 2.34. The highest BCUT2D eigenvalue weighted by Crippen LogP contribution is 2.25. The van der Waals surface area contributed by atoms with Crippen molar-refractivity contribution in [3.63, 3.8) is 0 Å². The van der Waals surface area contributed by atoms with Crippen LogP contribution in [-0.4, -0.2) is 15.8 Å². The summed E-state index contributed by atoms with van der Waals surface area (Å²) in [6.07, 6.45) is 2.83. The van der Waals surface area contributed by atoms with Crippen molar-refractivity contribution < 1.29 is 0 Å². The number of hydrogen-bond donors (Lipinski definition) is 1. The van der Waals surface area contributed by atoms with Crippen molar-refractivity contribution in [1.82, 2.24) is 15.1 Å². The van der Waals surface area contributed by atoms with Crippen LogP contribution in [0, 0.1) is 0 Å². The first-order valence-corrected chi connectivity index (χ1v) is 7.53. The zero-order chi connectivity index (χ0) is 14.7. The molecule has 0 radical (unpaired) electrons. The molecule has 0 fully saturated rings. The summed E-state index contributed by atoms with van der Waals surface area (Å²) in [4.78, 5) is 0. The number of hydrogen-bond acceptors (Lipinski definition) is 2. The molecule has 0 aliphatic rings. The zero-order valence-corrected chi connectivity index (χ0v) is 13.5. The second-order valence-electron chi connectivity index (χ2n) is 5.02. The molecule has 0 unspecified atom stereocenters. The second-order valence-corrected chi connectivity index (χ2v) is 5.83. The van der Waals surface area contributed by atoms with Crippen LogP contribution >= 0.6 is 23.2 Å². The van der Waals surface area contributed by atoms with Gasteiger partial charge in [-0.25, -0.2) is 4.68 Å². The van der Waals surface area contributed by atoms with Crippen LogP contribution in [0.15, 0.2) is 24.4 Å².